The van der Waals surface area contributed by atoms with Crippen LogP contribution in [0, 0.1) is 0 Å². The molecule has 1 aliphatic rings. The number of ether oxygens (including phenoxy) is 1. The maximum Gasteiger partial charge on any atom is 0.339 e. The fourth-order valence-corrected chi connectivity index (χ4v) is 1.47. The van der Waals surface area contributed by atoms with Crippen LogP contribution >= 0.6 is 0 Å². The van der Waals surface area contributed by atoms with E-state index in [4.69, 9.17) is 0 Å². The molecule has 1 aromatic rings. The number of fused-ring (bicyclic) bond motifs is 1. The summed E-state index contributed by atoms with van der Waals surface area (Å²) in [5, 5.41) is 2.67. The van der Waals surface area contributed by atoms with Gasteiger partial charge in [0.2, 0.25) is 5.91 Å². The zero-order valence-electron chi connectivity index (χ0n) is 8.24. The molecule has 0 atom stereocenters. The summed E-state index contributed by atoms with van der Waals surface area (Å²) in [6.45, 7) is 0. The average molecular weight is 206 g/mol. The minimum absolute atomic E-state index is 0.0497. The minimum Gasteiger partial charge on any atom is -0.465 e. The van der Waals surface area contributed by atoms with Crippen molar-refractivity contribution in [1.82, 2.24) is 4.98 Å². The summed E-state index contributed by atoms with van der Waals surface area (Å²) in [5.41, 5.74) is 1.76. The molecule has 1 amide bonds. The van der Waals surface area contributed by atoms with Crippen LogP contribution < -0.4 is 5.32 Å². The standard InChI is InChI=1S/C10H10N2O3/c1-15-10(14)6-4-8-7(11-5-6)2-3-9(13)12-8/h4-5H,2-3H2,1H3,(H,12,13). The van der Waals surface area contributed by atoms with Crippen molar-refractivity contribution >= 4 is 17.6 Å². The van der Waals surface area contributed by atoms with E-state index in [2.05, 4.69) is 15.0 Å². The molecule has 0 saturated carbocycles. The summed E-state index contributed by atoms with van der Waals surface area (Å²) >= 11 is 0. The summed E-state index contributed by atoms with van der Waals surface area (Å²) in [4.78, 5) is 26.4. The Morgan fingerprint density at radius 1 is 1.53 bits per heavy atom. The summed E-state index contributed by atoms with van der Waals surface area (Å²) < 4.78 is 4.56. The molecule has 0 fully saturated rings. The normalized spacial score (nSPS) is 14.1. The Bertz CT molecular complexity index is 429. The van der Waals surface area contributed by atoms with E-state index in [-0.39, 0.29) is 5.91 Å². The van der Waals surface area contributed by atoms with Crippen LogP contribution in [0.4, 0.5) is 5.69 Å². The van der Waals surface area contributed by atoms with Crippen LogP contribution in [0.5, 0.6) is 0 Å². The van der Waals surface area contributed by atoms with Crippen LogP contribution in [0.2, 0.25) is 0 Å². The number of nitrogens with one attached hydrogen (secondary N) is 1. The first-order chi connectivity index (χ1) is 7.20. The highest BCUT2D eigenvalue weighted by Gasteiger charge is 2.17. The Balaban J connectivity index is 2.36. The fourth-order valence-electron chi connectivity index (χ4n) is 1.47. The number of aryl methyl sites for hydroxylation is 1. The number of aromatic nitrogens is 1. The van der Waals surface area contributed by atoms with Gasteiger partial charge in [-0.15, -0.1) is 0 Å². The third-order valence-corrected chi connectivity index (χ3v) is 2.25. The molecule has 0 spiro atoms. The van der Waals surface area contributed by atoms with Gasteiger partial charge < -0.3 is 10.1 Å². The van der Waals surface area contributed by atoms with Gasteiger partial charge in [0.1, 0.15) is 0 Å². The van der Waals surface area contributed by atoms with Crippen LogP contribution in [0.15, 0.2) is 12.3 Å². The number of amides is 1. The molecule has 1 aliphatic heterocycles. The van der Waals surface area contributed by atoms with Crippen molar-refractivity contribution in [3.63, 3.8) is 0 Å². The first-order valence-corrected chi connectivity index (χ1v) is 4.58. The van der Waals surface area contributed by atoms with E-state index >= 15 is 0 Å². The van der Waals surface area contributed by atoms with E-state index in [0.29, 0.717) is 24.1 Å². The molecule has 15 heavy (non-hydrogen) atoms. The number of carbonyl (C=O) groups is 2. The highest BCUT2D eigenvalue weighted by atomic mass is 16.5. The second-order valence-corrected chi connectivity index (χ2v) is 3.26. The first-order valence-electron chi connectivity index (χ1n) is 4.58. The number of hydrogen-bond acceptors (Lipinski definition) is 4. The van der Waals surface area contributed by atoms with Gasteiger partial charge in [0.15, 0.2) is 0 Å². The summed E-state index contributed by atoms with van der Waals surface area (Å²) in [5.74, 6) is -0.503. The Morgan fingerprint density at radius 3 is 3.07 bits per heavy atom. The lowest BCUT2D eigenvalue weighted by molar-refractivity contribution is -0.116. The Labute approximate surface area is 86.5 Å². The predicted octanol–water partition coefficient (Wildman–Crippen LogP) is 0.753. The lowest BCUT2D eigenvalue weighted by Gasteiger charge is -2.15. The molecular weight excluding hydrogens is 196 g/mol. The Hall–Kier alpha value is -1.91. The molecular formula is C10H10N2O3. The second-order valence-electron chi connectivity index (χ2n) is 3.26. The van der Waals surface area contributed by atoms with Gasteiger partial charge in [0.25, 0.3) is 0 Å². The van der Waals surface area contributed by atoms with E-state index in [9.17, 15) is 9.59 Å². The van der Waals surface area contributed by atoms with Crippen LogP contribution in [0.1, 0.15) is 22.5 Å². The van der Waals surface area contributed by atoms with Gasteiger partial charge >= 0.3 is 5.97 Å². The van der Waals surface area contributed by atoms with Crippen molar-refractivity contribution < 1.29 is 14.3 Å². The van der Waals surface area contributed by atoms with Gasteiger partial charge in [-0.05, 0) is 6.07 Å². The van der Waals surface area contributed by atoms with Crippen molar-refractivity contribution in [2.24, 2.45) is 0 Å². The Morgan fingerprint density at radius 2 is 2.33 bits per heavy atom. The molecule has 0 unspecified atom stereocenters. The summed E-state index contributed by atoms with van der Waals surface area (Å²) in [6.07, 6.45) is 2.52. The highest BCUT2D eigenvalue weighted by Crippen LogP contribution is 2.21. The third kappa shape index (κ3) is 1.81. The Kier molecular flexibility index (Phi) is 2.37. The molecule has 2 rings (SSSR count). The van der Waals surface area contributed by atoms with Gasteiger partial charge in [0.05, 0.1) is 24.1 Å². The fraction of sp³-hybridized carbons (Fsp3) is 0.300. The topological polar surface area (TPSA) is 68.3 Å². The number of hydrogen-bond donors (Lipinski definition) is 1. The molecule has 5 heteroatoms. The van der Waals surface area contributed by atoms with Crippen molar-refractivity contribution in [2.45, 2.75) is 12.8 Å². The number of pyridine rings is 1. The maximum absolute atomic E-state index is 11.2. The van der Waals surface area contributed by atoms with Crippen molar-refractivity contribution in [1.29, 1.82) is 0 Å². The van der Waals surface area contributed by atoms with E-state index < -0.39 is 5.97 Å². The van der Waals surface area contributed by atoms with Crippen LogP contribution in [-0.4, -0.2) is 24.0 Å². The van der Waals surface area contributed by atoms with E-state index in [0.717, 1.165) is 5.69 Å². The van der Waals surface area contributed by atoms with Crippen molar-refractivity contribution in [3.05, 3.63) is 23.5 Å². The molecule has 1 aromatic heterocycles. The molecule has 78 valence electrons. The lowest BCUT2D eigenvalue weighted by Crippen LogP contribution is -2.20. The molecule has 2 heterocycles. The van der Waals surface area contributed by atoms with Crippen LogP contribution in [0.25, 0.3) is 0 Å². The SMILES string of the molecule is COC(=O)c1cnc2c(c1)NC(=O)CC2. The smallest absolute Gasteiger partial charge is 0.339 e. The number of anilines is 1. The number of esters is 1. The zero-order valence-corrected chi connectivity index (χ0v) is 8.24. The van der Waals surface area contributed by atoms with Gasteiger partial charge in [-0.2, -0.15) is 0 Å². The minimum atomic E-state index is -0.454. The zero-order chi connectivity index (χ0) is 10.8. The molecule has 0 aliphatic carbocycles. The quantitative estimate of drug-likeness (QED) is 0.688. The second kappa shape index (κ2) is 3.68. The van der Waals surface area contributed by atoms with Gasteiger partial charge in [-0.3, -0.25) is 9.78 Å². The van der Waals surface area contributed by atoms with Crippen LogP contribution in [-0.2, 0) is 16.0 Å². The highest BCUT2D eigenvalue weighted by molar-refractivity contribution is 5.96. The van der Waals surface area contributed by atoms with E-state index in [1.165, 1.54) is 13.3 Å². The first kappa shape index (κ1) is 9.64. The number of rotatable bonds is 1. The van der Waals surface area contributed by atoms with Gasteiger partial charge in [0, 0.05) is 19.0 Å². The number of methoxy groups -OCH3 is 1. The van der Waals surface area contributed by atoms with Gasteiger partial charge in [-0.25, -0.2) is 4.79 Å². The molecule has 0 saturated heterocycles. The number of nitrogens with zero attached hydrogens (tertiary/aromatic N) is 1. The largest absolute Gasteiger partial charge is 0.465 e. The lowest BCUT2D eigenvalue weighted by atomic mass is 10.1. The maximum atomic E-state index is 11.2. The third-order valence-electron chi connectivity index (χ3n) is 2.25. The van der Waals surface area contributed by atoms with Gasteiger partial charge in [-0.1, -0.05) is 0 Å². The monoisotopic (exact) mass is 206 g/mol. The summed E-state index contributed by atoms with van der Waals surface area (Å²) in [7, 11) is 1.31. The summed E-state index contributed by atoms with van der Waals surface area (Å²) in [6, 6.07) is 1.59. The molecule has 5 nitrogen and oxygen atoms in total. The molecule has 1 N–H and O–H groups in total. The van der Waals surface area contributed by atoms with Crippen molar-refractivity contribution in [2.75, 3.05) is 12.4 Å². The number of carbonyl (C=O) groups excluding carboxylic acids is 2. The predicted molar refractivity (Wildman–Crippen MR) is 52.5 cm³/mol. The van der Waals surface area contributed by atoms with E-state index in [1.807, 2.05) is 0 Å². The molecule has 0 aromatic carbocycles. The van der Waals surface area contributed by atoms with E-state index in [1.54, 1.807) is 6.07 Å². The molecule has 0 bridgehead atoms. The molecule has 0 radical (unpaired) electrons. The van der Waals surface area contributed by atoms with Crippen molar-refractivity contribution in [3.8, 4) is 0 Å². The van der Waals surface area contributed by atoms with Crippen LogP contribution in [0.3, 0.4) is 0 Å². The average Bonchev–Trinajstić information content (AvgIpc) is 2.27.